The van der Waals surface area contributed by atoms with Crippen LogP contribution in [0.5, 0.6) is 0 Å². The summed E-state index contributed by atoms with van der Waals surface area (Å²) in [4.78, 5) is 0. The monoisotopic (exact) mass is 158 g/mol. The number of nitrogens with zero attached hydrogens (tertiary/aromatic N) is 1. The van der Waals surface area contributed by atoms with E-state index in [0.29, 0.717) is 12.2 Å². The fourth-order valence-corrected chi connectivity index (χ4v) is 2.01. The number of nitrogens with two attached hydrogens (primary N) is 1. The van der Waals surface area contributed by atoms with Crippen LogP contribution in [0.25, 0.3) is 0 Å². The molecule has 0 saturated heterocycles. The molecular weight excluding hydrogens is 148 g/mol. The van der Waals surface area contributed by atoms with E-state index < -0.39 is 11.0 Å². The van der Waals surface area contributed by atoms with Crippen molar-refractivity contribution in [2.75, 3.05) is 5.75 Å². The van der Waals surface area contributed by atoms with Crippen molar-refractivity contribution in [2.24, 2.45) is 10.6 Å². The van der Waals surface area contributed by atoms with Crippen molar-refractivity contribution in [3.05, 3.63) is 0 Å². The molecule has 1 fully saturated rings. The molecule has 0 aromatic rings. The molecule has 3 nitrogen and oxygen atoms in total. The normalized spacial score (nSPS) is 23.2. The molecule has 10 heavy (non-hydrogen) atoms. The predicted octanol–water partition coefficient (Wildman–Crippen LogP) is 0.303. The summed E-state index contributed by atoms with van der Waals surface area (Å²) in [5.41, 5.74) is 0.0361. The Morgan fingerprint density at radius 3 is 2.60 bits per heavy atom. The van der Waals surface area contributed by atoms with Crippen LogP contribution >= 0.6 is 0 Å². The molecule has 1 aliphatic rings. The van der Waals surface area contributed by atoms with Crippen LogP contribution in [0.3, 0.4) is 0 Å². The van der Waals surface area contributed by atoms with Gasteiger partial charge in [-0.25, -0.2) is 4.21 Å². The Morgan fingerprint density at radius 2 is 2.30 bits per heavy atom. The lowest BCUT2D eigenvalue weighted by Crippen LogP contribution is -2.17. The number of rotatable bonds is 3. The maximum atomic E-state index is 10.6. The van der Waals surface area contributed by atoms with Crippen molar-refractivity contribution in [3.63, 3.8) is 0 Å². The summed E-state index contributed by atoms with van der Waals surface area (Å²) in [7, 11) is -1.23. The Kier molecular flexibility index (Phi) is 2.07. The van der Waals surface area contributed by atoms with Crippen LogP contribution in [0, 0.1) is 16.7 Å². The first-order chi connectivity index (χ1) is 4.68. The molecule has 0 spiro atoms. The fourth-order valence-electron chi connectivity index (χ4n) is 1.02. The predicted molar refractivity (Wildman–Crippen MR) is 39.1 cm³/mol. The molecule has 0 aliphatic heterocycles. The Bertz CT molecular complexity index is 192. The molecule has 2 N–H and O–H groups in total. The second kappa shape index (κ2) is 2.69. The lowest BCUT2D eigenvalue weighted by atomic mass is 10.1. The van der Waals surface area contributed by atoms with E-state index in [1.54, 1.807) is 0 Å². The smallest absolute Gasteiger partial charge is 0.0893 e. The minimum Gasteiger partial charge on any atom is -0.252 e. The molecule has 0 heterocycles. The number of hydrogen-bond donors (Lipinski definition) is 1. The van der Waals surface area contributed by atoms with Crippen molar-refractivity contribution in [3.8, 4) is 6.07 Å². The van der Waals surface area contributed by atoms with E-state index in [1.807, 2.05) is 0 Å². The van der Waals surface area contributed by atoms with Crippen LogP contribution in [-0.4, -0.2) is 9.96 Å². The second-order valence-electron chi connectivity index (χ2n) is 2.86. The second-order valence-corrected chi connectivity index (χ2v) is 3.91. The van der Waals surface area contributed by atoms with Gasteiger partial charge in [-0.3, -0.25) is 5.14 Å². The van der Waals surface area contributed by atoms with Gasteiger partial charge in [0, 0.05) is 12.2 Å². The van der Waals surface area contributed by atoms with Crippen LogP contribution in [-0.2, 0) is 11.0 Å². The third-order valence-corrected chi connectivity index (χ3v) is 2.76. The zero-order valence-corrected chi connectivity index (χ0v) is 6.49. The molecule has 0 bridgehead atoms. The first-order valence-electron chi connectivity index (χ1n) is 3.18. The summed E-state index contributed by atoms with van der Waals surface area (Å²) in [6.07, 6.45) is 2.54. The highest BCUT2D eigenvalue weighted by Gasteiger charge is 2.43. The molecule has 1 atom stereocenters. The zero-order valence-electron chi connectivity index (χ0n) is 5.67. The van der Waals surface area contributed by atoms with E-state index in [-0.39, 0.29) is 5.41 Å². The third kappa shape index (κ3) is 1.79. The van der Waals surface area contributed by atoms with E-state index in [1.165, 1.54) is 0 Å². The largest absolute Gasteiger partial charge is 0.252 e. The van der Waals surface area contributed by atoms with Gasteiger partial charge < -0.3 is 0 Å². The van der Waals surface area contributed by atoms with Gasteiger partial charge in [0.2, 0.25) is 0 Å². The Balaban J connectivity index is 2.39. The summed E-state index contributed by atoms with van der Waals surface area (Å²) < 4.78 is 10.6. The molecule has 0 aromatic heterocycles. The van der Waals surface area contributed by atoms with Crippen molar-refractivity contribution in [1.29, 1.82) is 5.26 Å². The average Bonchev–Trinajstić information content (AvgIpc) is 2.47. The molecule has 0 radical (unpaired) electrons. The van der Waals surface area contributed by atoms with Gasteiger partial charge >= 0.3 is 0 Å². The summed E-state index contributed by atoms with van der Waals surface area (Å²) in [6, 6.07) is 2.09. The van der Waals surface area contributed by atoms with Crippen molar-refractivity contribution < 1.29 is 4.21 Å². The van der Waals surface area contributed by atoms with Gasteiger partial charge in [0.1, 0.15) is 0 Å². The molecule has 1 rings (SSSR count). The van der Waals surface area contributed by atoms with Crippen molar-refractivity contribution >= 4 is 11.0 Å². The van der Waals surface area contributed by atoms with Crippen molar-refractivity contribution in [1.82, 2.24) is 0 Å². The summed E-state index contributed by atoms with van der Waals surface area (Å²) in [6.45, 7) is 0. The highest BCUT2D eigenvalue weighted by Crippen LogP contribution is 2.48. The Hall–Kier alpha value is -0.400. The standard InChI is InChI=1S/C6H10N2OS/c7-4-3-6(1-2-6)5-10(8)9/h1-3,5,8H2. The average molecular weight is 158 g/mol. The van der Waals surface area contributed by atoms with Crippen LogP contribution in [0.15, 0.2) is 0 Å². The van der Waals surface area contributed by atoms with E-state index in [4.69, 9.17) is 10.4 Å². The van der Waals surface area contributed by atoms with Crippen LogP contribution in [0.1, 0.15) is 19.3 Å². The van der Waals surface area contributed by atoms with Crippen molar-refractivity contribution in [2.45, 2.75) is 19.3 Å². The minimum atomic E-state index is -1.23. The van der Waals surface area contributed by atoms with Crippen LogP contribution in [0.4, 0.5) is 0 Å². The molecule has 1 aliphatic carbocycles. The first kappa shape index (κ1) is 7.70. The molecule has 4 heteroatoms. The highest BCUT2D eigenvalue weighted by atomic mass is 32.2. The van der Waals surface area contributed by atoms with Gasteiger partial charge in [0.05, 0.1) is 17.1 Å². The fraction of sp³-hybridized carbons (Fsp3) is 0.833. The number of hydrogen-bond acceptors (Lipinski definition) is 2. The maximum Gasteiger partial charge on any atom is 0.0893 e. The zero-order chi connectivity index (χ0) is 7.61. The Labute approximate surface area is 62.8 Å². The minimum absolute atomic E-state index is 0.0361. The van der Waals surface area contributed by atoms with Gasteiger partial charge in [-0.2, -0.15) is 5.26 Å². The summed E-state index contributed by atoms with van der Waals surface area (Å²) in [5, 5.41) is 13.5. The maximum absolute atomic E-state index is 10.6. The van der Waals surface area contributed by atoms with E-state index in [0.717, 1.165) is 12.8 Å². The van der Waals surface area contributed by atoms with Crippen LogP contribution in [0.2, 0.25) is 0 Å². The van der Waals surface area contributed by atoms with E-state index in [2.05, 4.69) is 6.07 Å². The molecule has 1 unspecified atom stereocenters. The summed E-state index contributed by atoms with van der Waals surface area (Å²) in [5.74, 6) is 0.501. The van der Waals surface area contributed by atoms with Gasteiger partial charge in [-0.1, -0.05) is 0 Å². The molecular formula is C6H10N2OS. The van der Waals surface area contributed by atoms with E-state index in [9.17, 15) is 4.21 Å². The molecule has 56 valence electrons. The van der Waals surface area contributed by atoms with Crippen LogP contribution < -0.4 is 5.14 Å². The summed E-state index contributed by atoms with van der Waals surface area (Å²) >= 11 is 0. The lowest BCUT2D eigenvalue weighted by Gasteiger charge is -2.05. The molecule has 0 amide bonds. The third-order valence-electron chi connectivity index (χ3n) is 1.86. The lowest BCUT2D eigenvalue weighted by molar-refractivity contribution is 0.588. The van der Waals surface area contributed by atoms with Gasteiger partial charge in [0.15, 0.2) is 0 Å². The molecule has 1 saturated carbocycles. The number of nitriles is 1. The Morgan fingerprint density at radius 1 is 1.70 bits per heavy atom. The van der Waals surface area contributed by atoms with E-state index >= 15 is 0 Å². The SMILES string of the molecule is N#CCC1(CS(N)=O)CC1. The van der Waals surface area contributed by atoms with Gasteiger partial charge in [-0.15, -0.1) is 0 Å². The first-order valence-corrected chi connectivity index (χ1v) is 4.56. The van der Waals surface area contributed by atoms with Gasteiger partial charge in [-0.05, 0) is 18.3 Å². The topological polar surface area (TPSA) is 66.9 Å². The molecule has 0 aromatic carbocycles. The van der Waals surface area contributed by atoms with Gasteiger partial charge in [0.25, 0.3) is 0 Å². The quantitative estimate of drug-likeness (QED) is 0.642. The highest BCUT2D eigenvalue weighted by molar-refractivity contribution is 7.82.